The smallest absolute Gasteiger partial charge is 0.194 e. The summed E-state index contributed by atoms with van der Waals surface area (Å²) in [5, 5.41) is 3.27. The Morgan fingerprint density at radius 1 is 1.30 bits per heavy atom. The number of benzene rings is 1. The van der Waals surface area contributed by atoms with Crippen LogP contribution in [-0.2, 0) is 9.84 Å². The number of halogens is 1. The number of anilines is 1. The quantitative estimate of drug-likeness (QED) is 0.466. The van der Waals surface area contributed by atoms with E-state index < -0.39 is 9.84 Å². The maximum atomic E-state index is 14.0. The minimum absolute atomic E-state index is 0.0928. The number of hydrogen-bond acceptors (Lipinski definition) is 4. The van der Waals surface area contributed by atoms with Crippen LogP contribution in [0.15, 0.2) is 41.9 Å². The molecule has 2 heterocycles. The molecule has 0 spiro atoms. The Bertz CT molecular complexity index is 789. The number of para-hydroxylation sites is 1. The molecule has 6 nitrogen and oxygen atoms in total. The summed E-state index contributed by atoms with van der Waals surface area (Å²) in [5.41, 5.74) is 0.630. The van der Waals surface area contributed by atoms with Crippen LogP contribution in [0.5, 0.6) is 0 Å². The highest BCUT2D eigenvalue weighted by Crippen LogP contribution is 2.21. The Morgan fingerprint density at radius 2 is 2.04 bits per heavy atom. The van der Waals surface area contributed by atoms with E-state index >= 15 is 0 Å². The molecule has 2 aliphatic heterocycles. The molecule has 3 rings (SSSR count). The molecule has 0 aromatic heterocycles. The zero-order valence-electron chi connectivity index (χ0n) is 15.5. The third kappa shape index (κ3) is 5.22. The van der Waals surface area contributed by atoms with Crippen LogP contribution in [0.4, 0.5) is 10.1 Å². The van der Waals surface area contributed by atoms with E-state index in [0.29, 0.717) is 38.3 Å². The molecule has 27 heavy (non-hydrogen) atoms. The lowest BCUT2D eigenvalue weighted by atomic mass is 10.1. The fraction of sp³-hybridized carbons (Fsp3) is 0.526. The van der Waals surface area contributed by atoms with Crippen molar-refractivity contribution in [1.82, 2.24) is 10.2 Å². The second-order valence-electron chi connectivity index (χ2n) is 7.03. The van der Waals surface area contributed by atoms with E-state index in [0.717, 1.165) is 19.0 Å². The Morgan fingerprint density at radius 3 is 2.67 bits per heavy atom. The first kappa shape index (κ1) is 19.7. The molecule has 1 atom stereocenters. The van der Waals surface area contributed by atoms with Crippen LogP contribution in [0, 0.1) is 11.7 Å². The first-order valence-electron chi connectivity index (χ1n) is 9.32. The third-order valence-corrected chi connectivity index (χ3v) is 6.84. The van der Waals surface area contributed by atoms with Crippen molar-refractivity contribution >= 4 is 21.5 Å². The first-order valence-corrected chi connectivity index (χ1v) is 11.1. The van der Waals surface area contributed by atoms with Gasteiger partial charge in [0, 0.05) is 39.3 Å². The summed E-state index contributed by atoms with van der Waals surface area (Å²) >= 11 is 0. The van der Waals surface area contributed by atoms with Gasteiger partial charge in [0.05, 0.1) is 17.2 Å². The molecule has 0 aliphatic carbocycles. The number of piperazine rings is 1. The number of rotatable bonds is 5. The standard InChI is InChI=1S/C19H27FN4O2S/c1-2-8-21-19(22-14-16-7-13-27(25,26)15-16)24-11-9-23(10-12-24)18-6-4-3-5-17(18)20/h2-6,16H,1,7-15H2,(H,21,22). The Kier molecular flexibility index (Phi) is 6.36. The molecule has 1 aromatic carbocycles. The number of aliphatic imine (C=N–C) groups is 1. The molecule has 1 aromatic rings. The number of nitrogens with one attached hydrogen (secondary N) is 1. The predicted molar refractivity (Wildman–Crippen MR) is 107 cm³/mol. The van der Waals surface area contributed by atoms with Crippen LogP contribution in [0.2, 0.25) is 0 Å². The van der Waals surface area contributed by atoms with Gasteiger partial charge in [-0.3, -0.25) is 4.99 Å². The molecule has 2 fully saturated rings. The SMILES string of the molecule is C=CCNC(=NCC1CCS(=O)(=O)C1)N1CCN(c2ccccc2F)CC1. The molecule has 1 N–H and O–H groups in total. The second kappa shape index (κ2) is 8.73. The van der Waals surface area contributed by atoms with E-state index in [2.05, 4.69) is 21.8 Å². The van der Waals surface area contributed by atoms with Gasteiger partial charge < -0.3 is 15.1 Å². The van der Waals surface area contributed by atoms with Crippen LogP contribution in [0.3, 0.4) is 0 Å². The number of guanidine groups is 1. The highest BCUT2D eigenvalue weighted by atomic mass is 32.2. The molecular formula is C19H27FN4O2S. The summed E-state index contributed by atoms with van der Waals surface area (Å²) < 4.78 is 37.3. The van der Waals surface area contributed by atoms with Gasteiger partial charge in [0.25, 0.3) is 0 Å². The van der Waals surface area contributed by atoms with Gasteiger partial charge in [0.2, 0.25) is 0 Å². The highest BCUT2D eigenvalue weighted by Gasteiger charge is 2.28. The maximum Gasteiger partial charge on any atom is 0.194 e. The average Bonchev–Trinajstić information content (AvgIpc) is 3.01. The fourth-order valence-electron chi connectivity index (χ4n) is 3.53. The van der Waals surface area contributed by atoms with Crippen molar-refractivity contribution in [3.8, 4) is 0 Å². The van der Waals surface area contributed by atoms with Gasteiger partial charge in [-0.15, -0.1) is 6.58 Å². The zero-order chi connectivity index (χ0) is 19.3. The van der Waals surface area contributed by atoms with Crippen LogP contribution in [0.25, 0.3) is 0 Å². The van der Waals surface area contributed by atoms with Crippen LogP contribution < -0.4 is 10.2 Å². The van der Waals surface area contributed by atoms with E-state index in [-0.39, 0.29) is 23.2 Å². The molecule has 1 unspecified atom stereocenters. The summed E-state index contributed by atoms with van der Waals surface area (Å²) in [6.45, 7) is 7.68. The molecule has 0 amide bonds. The molecule has 0 bridgehead atoms. The third-order valence-electron chi connectivity index (χ3n) is 5.00. The Balaban J connectivity index is 1.61. The van der Waals surface area contributed by atoms with Crippen molar-refractivity contribution in [1.29, 1.82) is 0 Å². The molecule has 2 aliphatic rings. The monoisotopic (exact) mass is 394 g/mol. The largest absolute Gasteiger partial charge is 0.366 e. The maximum absolute atomic E-state index is 14.0. The molecule has 2 saturated heterocycles. The van der Waals surface area contributed by atoms with Crippen LogP contribution >= 0.6 is 0 Å². The summed E-state index contributed by atoms with van der Waals surface area (Å²) in [4.78, 5) is 8.86. The van der Waals surface area contributed by atoms with E-state index in [1.165, 1.54) is 6.07 Å². The lowest BCUT2D eigenvalue weighted by molar-refractivity contribution is 0.370. The van der Waals surface area contributed by atoms with Gasteiger partial charge in [0.1, 0.15) is 5.82 Å². The molecule has 148 valence electrons. The normalized spacial score (nSPS) is 22.7. The minimum Gasteiger partial charge on any atom is -0.366 e. The number of nitrogens with zero attached hydrogens (tertiary/aromatic N) is 3. The van der Waals surface area contributed by atoms with Crippen molar-refractivity contribution in [2.45, 2.75) is 6.42 Å². The van der Waals surface area contributed by atoms with Gasteiger partial charge in [-0.25, -0.2) is 12.8 Å². The predicted octanol–water partition coefficient (Wildman–Crippen LogP) is 1.51. The lowest BCUT2D eigenvalue weighted by Gasteiger charge is -2.37. The van der Waals surface area contributed by atoms with E-state index in [1.807, 2.05) is 11.0 Å². The van der Waals surface area contributed by atoms with Crippen molar-refractivity contribution in [2.24, 2.45) is 10.9 Å². The fourth-order valence-corrected chi connectivity index (χ4v) is 5.38. The van der Waals surface area contributed by atoms with Gasteiger partial charge in [-0.05, 0) is 24.5 Å². The van der Waals surface area contributed by atoms with E-state index in [9.17, 15) is 12.8 Å². The van der Waals surface area contributed by atoms with Crippen LogP contribution in [-0.4, -0.2) is 70.1 Å². The molecule has 8 heteroatoms. The molecular weight excluding hydrogens is 367 g/mol. The zero-order valence-corrected chi connectivity index (χ0v) is 16.3. The summed E-state index contributed by atoms with van der Waals surface area (Å²) in [6.07, 6.45) is 2.45. The van der Waals surface area contributed by atoms with Gasteiger partial charge >= 0.3 is 0 Å². The summed E-state index contributed by atoms with van der Waals surface area (Å²) in [7, 11) is -2.89. The van der Waals surface area contributed by atoms with Crippen LogP contribution in [0.1, 0.15) is 6.42 Å². The second-order valence-corrected chi connectivity index (χ2v) is 9.26. The topological polar surface area (TPSA) is 65.0 Å². The van der Waals surface area contributed by atoms with Crippen molar-refractivity contribution in [3.63, 3.8) is 0 Å². The number of hydrogen-bond donors (Lipinski definition) is 1. The molecule has 0 saturated carbocycles. The Hall–Kier alpha value is -2.09. The van der Waals surface area contributed by atoms with Gasteiger partial charge in [0.15, 0.2) is 15.8 Å². The van der Waals surface area contributed by atoms with Gasteiger partial charge in [-0.2, -0.15) is 0 Å². The molecule has 0 radical (unpaired) electrons. The van der Waals surface area contributed by atoms with E-state index in [4.69, 9.17) is 0 Å². The van der Waals surface area contributed by atoms with Crippen molar-refractivity contribution in [2.75, 3.05) is 55.7 Å². The number of sulfone groups is 1. The van der Waals surface area contributed by atoms with E-state index in [1.54, 1.807) is 18.2 Å². The lowest BCUT2D eigenvalue weighted by Crippen LogP contribution is -2.53. The first-order chi connectivity index (χ1) is 13.0. The average molecular weight is 395 g/mol. The highest BCUT2D eigenvalue weighted by molar-refractivity contribution is 7.91. The summed E-state index contributed by atoms with van der Waals surface area (Å²) in [6, 6.07) is 6.83. The summed E-state index contributed by atoms with van der Waals surface area (Å²) in [5.74, 6) is 1.16. The Labute approximate surface area is 160 Å². The van der Waals surface area contributed by atoms with Crippen molar-refractivity contribution in [3.05, 3.63) is 42.7 Å². The van der Waals surface area contributed by atoms with Gasteiger partial charge in [-0.1, -0.05) is 18.2 Å². The van der Waals surface area contributed by atoms with Crippen molar-refractivity contribution < 1.29 is 12.8 Å². The minimum atomic E-state index is -2.89.